The van der Waals surface area contributed by atoms with Gasteiger partial charge in [-0.15, -0.1) is 0 Å². The molecule has 0 radical (unpaired) electrons. The van der Waals surface area contributed by atoms with Gasteiger partial charge in [-0.2, -0.15) is 0 Å². The third-order valence-corrected chi connectivity index (χ3v) is 14.7. The highest BCUT2D eigenvalue weighted by Gasteiger charge is 2.54. The molecule has 0 atom stereocenters. The van der Waals surface area contributed by atoms with E-state index >= 15 is 0 Å². The van der Waals surface area contributed by atoms with Crippen LogP contribution in [0, 0.1) is 10.1 Å². The Morgan fingerprint density at radius 1 is 0.353 bits per heavy atom. The zero-order chi connectivity index (χ0) is 45.1. The first-order chi connectivity index (χ1) is 33.6. The molecule has 0 saturated heterocycles. The molecule has 1 aromatic heterocycles. The second kappa shape index (κ2) is 14.2. The number of para-hydroxylation sites is 6. The van der Waals surface area contributed by atoms with Crippen LogP contribution in [-0.4, -0.2) is 9.91 Å². The van der Waals surface area contributed by atoms with Crippen LogP contribution in [0.25, 0.3) is 55.2 Å². The summed E-state index contributed by atoms with van der Waals surface area (Å²) in [7, 11) is 0. The van der Waals surface area contributed by atoms with E-state index in [1.165, 1.54) is 55.2 Å². The lowest BCUT2D eigenvalue weighted by atomic mass is 9.64. The molecule has 0 bridgehead atoms. The summed E-state index contributed by atoms with van der Waals surface area (Å²) in [6, 6.07) is 77.0. The largest absolute Gasteiger partial charge is 0.457 e. The zero-order valence-electron chi connectivity index (χ0n) is 36.4. The molecule has 4 aliphatic rings. The fraction of sp³-hybridized carbons (Fsp3) is 0.0323. The Morgan fingerprint density at radius 2 is 0.750 bits per heavy atom. The van der Waals surface area contributed by atoms with Crippen molar-refractivity contribution in [2.75, 3.05) is 0 Å². The number of nitrogens with zero attached hydrogens (tertiary/aromatic N) is 1. The van der Waals surface area contributed by atoms with Gasteiger partial charge in [0.15, 0.2) is 0 Å². The number of hydrogen-bond donors (Lipinski definition) is 1. The van der Waals surface area contributed by atoms with Crippen LogP contribution >= 0.6 is 0 Å². The summed E-state index contributed by atoms with van der Waals surface area (Å²) in [6.07, 6.45) is 0. The summed E-state index contributed by atoms with van der Waals surface area (Å²) in [5.41, 5.74) is 17.0. The van der Waals surface area contributed by atoms with Gasteiger partial charge in [-0.25, -0.2) is 0 Å². The average molecular weight is 875 g/mol. The maximum absolute atomic E-state index is 12.1. The maximum atomic E-state index is 12.1. The van der Waals surface area contributed by atoms with Crippen molar-refractivity contribution in [1.82, 2.24) is 4.98 Å². The van der Waals surface area contributed by atoms with Gasteiger partial charge in [0.05, 0.1) is 21.3 Å². The molecule has 3 heterocycles. The highest BCUT2D eigenvalue weighted by atomic mass is 16.6. The van der Waals surface area contributed by atoms with Crippen LogP contribution in [0.3, 0.4) is 0 Å². The summed E-state index contributed by atoms with van der Waals surface area (Å²) >= 11 is 0. The Kier molecular flexibility index (Phi) is 8.02. The van der Waals surface area contributed by atoms with Crippen LogP contribution in [0.4, 0.5) is 5.69 Å². The number of hydrogen-bond acceptors (Lipinski definition) is 4. The summed E-state index contributed by atoms with van der Waals surface area (Å²) < 4.78 is 12.9. The Hall–Kier alpha value is -9.00. The lowest BCUT2D eigenvalue weighted by Gasteiger charge is -2.40. The highest BCUT2D eigenvalue weighted by molar-refractivity contribution is 6.14. The van der Waals surface area contributed by atoms with Crippen molar-refractivity contribution < 1.29 is 14.4 Å². The van der Waals surface area contributed by atoms with E-state index in [-0.39, 0.29) is 10.6 Å². The van der Waals surface area contributed by atoms with E-state index in [0.717, 1.165) is 61.9 Å². The van der Waals surface area contributed by atoms with Crippen molar-refractivity contribution in [3.05, 3.63) is 279 Å². The number of nitro groups is 1. The average Bonchev–Trinajstić information content (AvgIpc) is 4.02. The van der Waals surface area contributed by atoms with E-state index in [1.54, 1.807) is 12.1 Å². The first-order valence-corrected chi connectivity index (χ1v) is 22.9. The van der Waals surface area contributed by atoms with Crippen molar-refractivity contribution in [2.24, 2.45) is 0 Å². The second-order valence-electron chi connectivity index (χ2n) is 17.9. The Balaban J connectivity index is 0.000000129. The molecule has 10 aromatic carbocycles. The first kappa shape index (κ1) is 38.3. The number of aromatic amines is 1. The van der Waals surface area contributed by atoms with Crippen molar-refractivity contribution >= 4 is 27.5 Å². The van der Waals surface area contributed by atoms with E-state index in [9.17, 15) is 10.1 Å². The van der Waals surface area contributed by atoms with Gasteiger partial charge in [-0.1, -0.05) is 176 Å². The van der Waals surface area contributed by atoms with Crippen LogP contribution in [0.2, 0.25) is 0 Å². The van der Waals surface area contributed by atoms with E-state index < -0.39 is 10.8 Å². The van der Waals surface area contributed by atoms with Gasteiger partial charge >= 0.3 is 0 Å². The van der Waals surface area contributed by atoms with Gasteiger partial charge in [-0.3, -0.25) is 10.1 Å². The molecular weight excluding hydrogens is 837 g/mol. The molecule has 6 heteroatoms. The molecule has 15 rings (SSSR count). The Morgan fingerprint density at radius 3 is 1.29 bits per heavy atom. The number of aromatic nitrogens is 1. The van der Waals surface area contributed by atoms with Gasteiger partial charge in [0, 0.05) is 50.1 Å². The second-order valence-corrected chi connectivity index (χ2v) is 17.9. The van der Waals surface area contributed by atoms with E-state index in [1.807, 2.05) is 60.7 Å². The van der Waals surface area contributed by atoms with Crippen LogP contribution in [-0.2, 0) is 10.8 Å². The molecule has 2 aliphatic carbocycles. The molecule has 11 aromatic rings. The molecule has 2 spiro atoms. The third-order valence-electron chi connectivity index (χ3n) is 14.7. The molecular formula is C62H38N2O4. The fourth-order valence-corrected chi connectivity index (χ4v) is 12.3. The third kappa shape index (κ3) is 4.95. The molecule has 6 nitrogen and oxygen atoms in total. The summed E-state index contributed by atoms with van der Waals surface area (Å²) in [4.78, 5) is 15.4. The van der Waals surface area contributed by atoms with Gasteiger partial charge in [0.25, 0.3) is 5.69 Å². The minimum atomic E-state index is -0.669. The Labute approximate surface area is 391 Å². The smallest absolute Gasteiger partial charge is 0.277 e. The molecule has 2 aliphatic heterocycles. The van der Waals surface area contributed by atoms with Crippen LogP contribution < -0.4 is 9.47 Å². The number of rotatable bonds is 2. The van der Waals surface area contributed by atoms with E-state index in [2.05, 4.69) is 157 Å². The van der Waals surface area contributed by atoms with Crippen molar-refractivity contribution in [1.29, 1.82) is 0 Å². The quantitative estimate of drug-likeness (QED) is 0.139. The topological polar surface area (TPSA) is 77.4 Å². The SMILES string of the molecule is O=[N+]([O-])c1ccccc1-c1cccc2c1C1(c3ccccc3Oc3ccccc31)c1ccccc1-2.c1ccc2c(c1)Oc1ccccc1C21c2ccccc2-c2ccc3[nH]c4ccccc4c3c21. The summed E-state index contributed by atoms with van der Waals surface area (Å²) in [5.74, 6) is 3.45. The van der Waals surface area contributed by atoms with E-state index in [4.69, 9.17) is 9.47 Å². The van der Waals surface area contributed by atoms with Crippen LogP contribution in [0.1, 0.15) is 44.5 Å². The fourth-order valence-electron chi connectivity index (χ4n) is 12.3. The number of nitro benzene ring substituents is 1. The Bertz CT molecular complexity index is 3850. The molecule has 0 fully saturated rings. The normalized spacial score (nSPS) is 14.2. The van der Waals surface area contributed by atoms with Crippen LogP contribution in [0.5, 0.6) is 23.0 Å². The molecule has 320 valence electrons. The molecule has 68 heavy (non-hydrogen) atoms. The zero-order valence-corrected chi connectivity index (χ0v) is 36.4. The van der Waals surface area contributed by atoms with Gasteiger partial charge in [0.1, 0.15) is 23.0 Å². The number of nitrogens with one attached hydrogen (secondary N) is 1. The van der Waals surface area contributed by atoms with E-state index in [0.29, 0.717) is 5.56 Å². The lowest BCUT2D eigenvalue weighted by molar-refractivity contribution is -0.384. The monoisotopic (exact) mass is 874 g/mol. The maximum Gasteiger partial charge on any atom is 0.277 e. The summed E-state index contributed by atoms with van der Waals surface area (Å²) in [5, 5.41) is 14.6. The van der Waals surface area contributed by atoms with Gasteiger partial charge < -0.3 is 14.5 Å². The van der Waals surface area contributed by atoms with Crippen molar-refractivity contribution in [2.45, 2.75) is 10.8 Å². The molecule has 0 amide bonds. The number of H-pyrrole nitrogens is 1. The van der Waals surface area contributed by atoms with Crippen molar-refractivity contribution in [3.8, 4) is 56.4 Å². The van der Waals surface area contributed by atoms with Gasteiger partial charge in [-0.05, 0) is 92.5 Å². The molecule has 0 unspecified atom stereocenters. The van der Waals surface area contributed by atoms with Gasteiger partial charge in [0.2, 0.25) is 0 Å². The first-order valence-electron chi connectivity index (χ1n) is 22.9. The van der Waals surface area contributed by atoms with Crippen molar-refractivity contribution in [3.63, 3.8) is 0 Å². The number of fused-ring (bicyclic) bond motifs is 22. The number of benzene rings is 10. The molecule has 0 saturated carbocycles. The van der Waals surface area contributed by atoms with Crippen LogP contribution in [0.15, 0.2) is 224 Å². The minimum absolute atomic E-state index is 0.0978. The predicted molar refractivity (Wildman–Crippen MR) is 269 cm³/mol. The highest BCUT2D eigenvalue weighted by Crippen LogP contribution is 2.65. The molecule has 1 N–H and O–H groups in total. The predicted octanol–water partition coefficient (Wildman–Crippen LogP) is 15.5. The summed E-state index contributed by atoms with van der Waals surface area (Å²) in [6.45, 7) is 0. The standard InChI is InChI=1S/C31H19NO3.C31H19NO/c33-32(34)27-17-6-2-11-21(27)23-13-9-12-22-20-10-1-3-14-24(20)31(30(22)23)25-15-4-7-18-28(25)35-29-19-8-5-16-26(29)31;1-3-11-22-19(9-1)20-17-18-26-29(21-10-2-6-14-25(21)32-26)30(20)31(22)23-12-4-7-15-27(23)33-28-16-8-5-13-24(28)31/h1-19H;1-18,32H. The number of ether oxygens (including phenoxy) is 2. The minimum Gasteiger partial charge on any atom is -0.457 e. The lowest BCUT2D eigenvalue weighted by Crippen LogP contribution is -2.32.